The molecule has 0 aliphatic heterocycles. The predicted molar refractivity (Wildman–Crippen MR) is 121 cm³/mol. The molecule has 10 heteroatoms. The summed E-state index contributed by atoms with van der Waals surface area (Å²) in [6.07, 6.45) is 3.32. The van der Waals surface area contributed by atoms with Crippen LogP contribution in [-0.4, -0.2) is 36.0 Å². The quantitative estimate of drug-likeness (QED) is 0.441. The van der Waals surface area contributed by atoms with E-state index >= 15 is 0 Å². The van der Waals surface area contributed by atoms with E-state index in [1.54, 1.807) is 17.8 Å². The van der Waals surface area contributed by atoms with Gasteiger partial charge in [-0.05, 0) is 29.5 Å². The average Bonchev–Trinajstić information content (AvgIpc) is 3.44. The van der Waals surface area contributed by atoms with Gasteiger partial charge in [0.15, 0.2) is 0 Å². The van der Waals surface area contributed by atoms with E-state index < -0.39 is 0 Å². The molecule has 6 rings (SSSR count). The minimum absolute atomic E-state index is 0.0624. The standard InChI is InChI=1S/C22H13N7O2S/c30-21(25-16-8-3-5-13-6-4-10-23-19(13)16)14-12-32-18-11-24-22(26-20(14)18)31-29-17-9-2-1-7-15(17)27-28-29/h1-12H,(H,25,30). The number of rotatable bonds is 4. The van der Waals surface area contributed by atoms with E-state index in [1.807, 2.05) is 54.6 Å². The third-order valence-corrected chi connectivity index (χ3v) is 5.81. The molecule has 0 aliphatic carbocycles. The number of carbonyl (C=O) groups is 1. The zero-order chi connectivity index (χ0) is 21.5. The van der Waals surface area contributed by atoms with Gasteiger partial charge in [-0.25, -0.2) is 4.98 Å². The highest BCUT2D eigenvalue weighted by molar-refractivity contribution is 7.17. The zero-order valence-electron chi connectivity index (χ0n) is 16.3. The van der Waals surface area contributed by atoms with Crippen molar-refractivity contribution < 1.29 is 9.63 Å². The molecular weight excluding hydrogens is 426 g/mol. The van der Waals surface area contributed by atoms with Crippen molar-refractivity contribution in [3.05, 3.63) is 77.9 Å². The van der Waals surface area contributed by atoms with Crippen molar-refractivity contribution in [2.45, 2.75) is 0 Å². The minimum Gasteiger partial charge on any atom is -0.320 e. The lowest BCUT2D eigenvalue weighted by Crippen LogP contribution is -2.13. The molecule has 0 radical (unpaired) electrons. The van der Waals surface area contributed by atoms with Crippen molar-refractivity contribution in [2.24, 2.45) is 0 Å². The molecule has 1 amide bonds. The molecular formula is C22H13N7O2S. The molecule has 2 aromatic carbocycles. The third kappa shape index (κ3) is 3.10. The summed E-state index contributed by atoms with van der Waals surface area (Å²) >= 11 is 1.38. The van der Waals surface area contributed by atoms with E-state index in [9.17, 15) is 4.79 Å². The second-order valence-electron chi connectivity index (χ2n) is 6.89. The summed E-state index contributed by atoms with van der Waals surface area (Å²) in [4.78, 5) is 33.1. The number of thiophene rings is 1. The van der Waals surface area contributed by atoms with Crippen molar-refractivity contribution in [2.75, 3.05) is 5.32 Å². The number of fused-ring (bicyclic) bond motifs is 3. The van der Waals surface area contributed by atoms with Crippen LogP contribution in [-0.2, 0) is 0 Å². The van der Waals surface area contributed by atoms with E-state index in [-0.39, 0.29) is 11.9 Å². The monoisotopic (exact) mass is 439 g/mol. The number of carbonyl (C=O) groups excluding carboxylic acids is 1. The minimum atomic E-state index is -0.287. The fourth-order valence-corrected chi connectivity index (χ4v) is 4.25. The average molecular weight is 439 g/mol. The van der Waals surface area contributed by atoms with Gasteiger partial charge in [0.2, 0.25) is 0 Å². The van der Waals surface area contributed by atoms with E-state index in [1.165, 1.54) is 16.2 Å². The molecule has 0 saturated heterocycles. The first kappa shape index (κ1) is 18.3. The van der Waals surface area contributed by atoms with Crippen LogP contribution < -0.4 is 10.2 Å². The maximum Gasteiger partial charge on any atom is 0.346 e. The van der Waals surface area contributed by atoms with E-state index in [4.69, 9.17) is 4.84 Å². The summed E-state index contributed by atoms with van der Waals surface area (Å²) < 4.78 is 0.766. The molecule has 9 nitrogen and oxygen atoms in total. The Balaban J connectivity index is 1.34. The molecule has 0 saturated carbocycles. The van der Waals surface area contributed by atoms with E-state index in [0.717, 1.165) is 15.6 Å². The Morgan fingerprint density at radius 3 is 2.88 bits per heavy atom. The van der Waals surface area contributed by atoms with Gasteiger partial charge in [-0.15, -0.1) is 16.4 Å². The highest BCUT2D eigenvalue weighted by Crippen LogP contribution is 2.27. The number of para-hydroxylation sites is 2. The number of pyridine rings is 1. The number of amides is 1. The van der Waals surface area contributed by atoms with Crippen LogP contribution in [0.15, 0.2) is 72.4 Å². The largest absolute Gasteiger partial charge is 0.346 e. The van der Waals surface area contributed by atoms with E-state index in [0.29, 0.717) is 27.8 Å². The first-order chi connectivity index (χ1) is 15.8. The van der Waals surface area contributed by atoms with Crippen LogP contribution in [0, 0.1) is 0 Å². The van der Waals surface area contributed by atoms with Crippen LogP contribution in [0.5, 0.6) is 6.01 Å². The Labute approximate surface area is 184 Å². The first-order valence-corrected chi connectivity index (χ1v) is 10.5. The Morgan fingerprint density at radius 2 is 1.91 bits per heavy atom. The van der Waals surface area contributed by atoms with Gasteiger partial charge in [-0.2, -0.15) is 4.98 Å². The smallest absolute Gasteiger partial charge is 0.320 e. The number of hydrogen-bond acceptors (Lipinski definition) is 8. The second-order valence-corrected chi connectivity index (χ2v) is 7.80. The lowest BCUT2D eigenvalue weighted by atomic mass is 10.2. The van der Waals surface area contributed by atoms with Crippen molar-refractivity contribution >= 4 is 55.1 Å². The van der Waals surface area contributed by atoms with Crippen LogP contribution in [0.25, 0.3) is 32.2 Å². The fourth-order valence-electron chi connectivity index (χ4n) is 3.40. The Kier molecular flexibility index (Phi) is 4.22. The van der Waals surface area contributed by atoms with Gasteiger partial charge in [0.1, 0.15) is 16.6 Å². The Bertz CT molecular complexity index is 1620. The molecule has 6 aromatic rings. The molecule has 0 unspecified atom stereocenters. The van der Waals surface area contributed by atoms with Gasteiger partial charge in [-0.1, -0.05) is 35.2 Å². The SMILES string of the molecule is O=C(Nc1cccc2cccnc12)c1csc2cnc(On3nnc4ccccc43)nc12. The molecule has 154 valence electrons. The summed E-state index contributed by atoms with van der Waals surface area (Å²) in [5.74, 6) is -0.287. The highest BCUT2D eigenvalue weighted by atomic mass is 32.1. The number of nitrogens with one attached hydrogen (secondary N) is 1. The number of aromatic nitrogens is 6. The third-order valence-electron chi connectivity index (χ3n) is 4.91. The number of hydrogen-bond donors (Lipinski definition) is 1. The normalized spacial score (nSPS) is 11.2. The van der Waals surface area contributed by atoms with Crippen LogP contribution in [0.4, 0.5) is 5.69 Å². The molecule has 0 bridgehead atoms. The molecule has 0 aliphatic rings. The van der Waals surface area contributed by atoms with Gasteiger partial charge in [0.05, 0.1) is 27.7 Å². The maximum absolute atomic E-state index is 13.1. The number of anilines is 1. The summed E-state index contributed by atoms with van der Waals surface area (Å²) in [6, 6.07) is 16.9. The van der Waals surface area contributed by atoms with Gasteiger partial charge < -0.3 is 10.2 Å². The molecule has 0 fully saturated rings. The maximum atomic E-state index is 13.1. The second kappa shape index (κ2) is 7.36. The Morgan fingerprint density at radius 1 is 1.00 bits per heavy atom. The molecule has 1 N–H and O–H groups in total. The lowest BCUT2D eigenvalue weighted by Gasteiger charge is -2.07. The zero-order valence-corrected chi connectivity index (χ0v) is 17.2. The van der Waals surface area contributed by atoms with Crippen molar-refractivity contribution in [3.63, 3.8) is 0 Å². The molecule has 4 heterocycles. The topological polar surface area (TPSA) is 108 Å². The fraction of sp³-hybridized carbons (Fsp3) is 0. The van der Waals surface area contributed by atoms with Crippen molar-refractivity contribution in [1.29, 1.82) is 0 Å². The first-order valence-electron chi connectivity index (χ1n) is 9.64. The summed E-state index contributed by atoms with van der Waals surface area (Å²) in [5, 5.41) is 13.7. The van der Waals surface area contributed by atoms with E-state index in [2.05, 4.69) is 30.6 Å². The van der Waals surface area contributed by atoms with Crippen molar-refractivity contribution in [3.8, 4) is 6.01 Å². The molecule has 0 atom stereocenters. The van der Waals surface area contributed by atoms with Crippen LogP contribution in [0.3, 0.4) is 0 Å². The van der Waals surface area contributed by atoms with Gasteiger partial charge in [0, 0.05) is 17.0 Å². The lowest BCUT2D eigenvalue weighted by molar-refractivity contribution is 0.102. The van der Waals surface area contributed by atoms with Gasteiger partial charge in [0.25, 0.3) is 5.91 Å². The summed E-state index contributed by atoms with van der Waals surface area (Å²) in [5.41, 5.74) is 3.64. The Hall–Kier alpha value is -4.44. The molecule has 0 spiro atoms. The summed E-state index contributed by atoms with van der Waals surface area (Å²) in [6.45, 7) is 0. The van der Waals surface area contributed by atoms with Gasteiger partial charge in [-0.3, -0.25) is 9.78 Å². The van der Waals surface area contributed by atoms with Gasteiger partial charge >= 0.3 is 6.01 Å². The van der Waals surface area contributed by atoms with Crippen LogP contribution in [0.1, 0.15) is 10.4 Å². The van der Waals surface area contributed by atoms with Crippen LogP contribution >= 0.6 is 11.3 Å². The number of nitrogens with zero attached hydrogens (tertiary/aromatic N) is 6. The molecule has 32 heavy (non-hydrogen) atoms. The van der Waals surface area contributed by atoms with Crippen molar-refractivity contribution in [1.82, 2.24) is 30.1 Å². The predicted octanol–water partition coefficient (Wildman–Crippen LogP) is 4.08. The molecule has 4 aromatic heterocycles. The highest BCUT2D eigenvalue weighted by Gasteiger charge is 2.17. The number of benzene rings is 2. The summed E-state index contributed by atoms with van der Waals surface area (Å²) in [7, 11) is 0. The van der Waals surface area contributed by atoms with Crippen LogP contribution in [0.2, 0.25) is 0 Å².